The molecular formula is C29H43N5O7. The number of hydrogen-bond acceptors (Lipinski definition) is 7. The lowest BCUT2D eigenvalue weighted by atomic mass is 9.95. The number of amides is 5. The molecule has 0 aliphatic carbocycles. The molecule has 0 aromatic heterocycles. The van der Waals surface area contributed by atoms with Crippen molar-refractivity contribution >= 4 is 29.5 Å². The predicted octanol–water partition coefficient (Wildman–Crippen LogP) is 1.20. The molecule has 2 fully saturated rings. The minimum atomic E-state index is -0.989. The molecule has 2 aliphatic heterocycles. The van der Waals surface area contributed by atoms with Crippen LogP contribution in [0, 0.1) is 5.92 Å². The van der Waals surface area contributed by atoms with Crippen molar-refractivity contribution in [3.8, 4) is 5.75 Å². The van der Waals surface area contributed by atoms with Crippen LogP contribution in [0.5, 0.6) is 5.75 Å². The molecule has 0 unspecified atom stereocenters. The monoisotopic (exact) mass is 573 g/mol. The number of nitrogens with one attached hydrogen (secondary N) is 4. The van der Waals surface area contributed by atoms with Crippen LogP contribution in [0.1, 0.15) is 70.8 Å². The molecule has 2 aliphatic rings. The van der Waals surface area contributed by atoms with Crippen LogP contribution in [0.4, 0.5) is 0 Å². The van der Waals surface area contributed by atoms with E-state index in [4.69, 9.17) is 9.94 Å². The van der Waals surface area contributed by atoms with Gasteiger partial charge >= 0.3 is 0 Å². The van der Waals surface area contributed by atoms with Gasteiger partial charge in [0.1, 0.15) is 29.9 Å². The third-order valence-corrected chi connectivity index (χ3v) is 8.00. The van der Waals surface area contributed by atoms with Crippen molar-refractivity contribution in [1.82, 2.24) is 26.3 Å². The molecule has 0 bridgehead atoms. The van der Waals surface area contributed by atoms with E-state index in [2.05, 4.69) is 16.0 Å². The lowest BCUT2D eigenvalue weighted by molar-refractivity contribution is -0.144. The third-order valence-electron chi connectivity index (χ3n) is 8.00. The Bertz CT molecular complexity index is 1080. The molecule has 0 saturated carbocycles. The van der Waals surface area contributed by atoms with Gasteiger partial charge in [-0.2, -0.15) is 0 Å². The second-order valence-corrected chi connectivity index (χ2v) is 10.9. The van der Waals surface area contributed by atoms with Gasteiger partial charge in [0.15, 0.2) is 0 Å². The fraction of sp³-hybridized carbons (Fsp3) is 0.621. The summed E-state index contributed by atoms with van der Waals surface area (Å²) in [5, 5.41) is 17.3. The Morgan fingerprint density at radius 3 is 2.37 bits per heavy atom. The fourth-order valence-electron chi connectivity index (χ4n) is 5.30. The van der Waals surface area contributed by atoms with Gasteiger partial charge in [0.2, 0.25) is 29.5 Å². The summed E-state index contributed by atoms with van der Waals surface area (Å²) in [5.74, 6) is -1.66. The fourth-order valence-corrected chi connectivity index (χ4v) is 5.30. The number of methoxy groups -OCH3 is 1. The summed E-state index contributed by atoms with van der Waals surface area (Å²) in [6.07, 6.45) is 3.97. The molecule has 12 heteroatoms. The number of benzene rings is 1. The lowest BCUT2D eigenvalue weighted by Crippen LogP contribution is -2.62. The summed E-state index contributed by atoms with van der Waals surface area (Å²) in [7, 11) is 1.56. The SMILES string of the molecule is CC[C@H](C)[C@@H]1NC(=O)[C@H](Cc2ccc(OC)cc2)NC(=O)[C@H](CCCCCC(=O)NO)NC(=O)[C@@H]2CCCN2C1=O. The zero-order chi connectivity index (χ0) is 29.9. The number of fused-ring (bicyclic) bond motifs is 1. The summed E-state index contributed by atoms with van der Waals surface area (Å²) >= 11 is 0. The van der Waals surface area contributed by atoms with Crippen LogP contribution in [-0.2, 0) is 30.4 Å². The largest absolute Gasteiger partial charge is 0.497 e. The van der Waals surface area contributed by atoms with E-state index < -0.39 is 47.8 Å². The van der Waals surface area contributed by atoms with Gasteiger partial charge in [0.05, 0.1) is 7.11 Å². The highest BCUT2D eigenvalue weighted by molar-refractivity contribution is 5.98. The molecule has 5 N–H and O–H groups in total. The maximum absolute atomic E-state index is 13.7. The smallest absolute Gasteiger partial charge is 0.246 e. The standard InChI is InChI=1S/C29H43N5O7/c1-4-18(2)25-29(39)34-16-8-10-23(34)28(38)30-21(9-6-5-7-11-24(35)33-40)26(36)31-22(27(37)32-25)17-19-12-14-20(41-3)15-13-19/h12-15,18,21-23,25,40H,4-11,16-17H2,1-3H3,(H,30,38)(H,31,36)(H,32,37)(H,33,35)/t18-,21-,22-,23-,25-/m0/s1. The molecule has 2 heterocycles. The van der Waals surface area contributed by atoms with Gasteiger partial charge in [-0.3, -0.25) is 29.2 Å². The van der Waals surface area contributed by atoms with Crippen molar-refractivity contribution in [3.05, 3.63) is 29.8 Å². The van der Waals surface area contributed by atoms with E-state index in [1.54, 1.807) is 24.7 Å². The van der Waals surface area contributed by atoms with Gasteiger partial charge in [-0.05, 0) is 49.3 Å². The molecule has 1 aromatic carbocycles. The Hall–Kier alpha value is -3.67. The minimum Gasteiger partial charge on any atom is -0.497 e. The van der Waals surface area contributed by atoms with E-state index in [-0.39, 0.29) is 31.1 Å². The normalized spacial score (nSPS) is 24.2. The third kappa shape index (κ3) is 8.66. The molecule has 1 aromatic rings. The Morgan fingerprint density at radius 2 is 1.71 bits per heavy atom. The Kier molecular flexibility index (Phi) is 11.9. The first-order valence-corrected chi connectivity index (χ1v) is 14.5. The Labute approximate surface area is 240 Å². The van der Waals surface area contributed by atoms with Gasteiger partial charge in [0.25, 0.3) is 0 Å². The highest BCUT2D eigenvalue weighted by atomic mass is 16.5. The molecule has 5 atom stereocenters. The van der Waals surface area contributed by atoms with Crippen molar-refractivity contribution in [1.29, 1.82) is 0 Å². The first-order valence-electron chi connectivity index (χ1n) is 14.5. The van der Waals surface area contributed by atoms with E-state index in [1.807, 2.05) is 26.0 Å². The second kappa shape index (κ2) is 15.4. The minimum absolute atomic E-state index is 0.139. The molecule has 0 radical (unpaired) electrons. The molecular weight excluding hydrogens is 530 g/mol. The van der Waals surface area contributed by atoms with Crippen molar-refractivity contribution in [2.75, 3.05) is 13.7 Å². The number of unbranched alkanes of at least 4 members (excludes halogenated alkanes) is 2. The Balaban J connectivity index is 1.88. The summed E-state index contributed by atoms with van der Waals surface area (Å²) in [4.78, 5) is 67.2. The second-order valence-electron chi connectivity index (χ2n) is 10.9. The molecule has 12 nitrogen and oxygen atoms in total. The Morgan fingerprint density at radius 1 is 1.02 bits per heavy atom. The van der Waals surface area contributed by atoms with E-state index in [0.29, 0.717) is 50.8 Å². The van der Waals surface area contributed by atoms with E-state index in [0.717, 1.165) is 5.56 Å². The van der Waals surface area contributed by atoms with Gasteiger partial charge in [-0.25, -0.2) is 5.48 Å². The molecule has 41 heavy (non-hydrogen) atoms. The number of carbonyl (C=O) groups excluding carboxylic acids is 5. The maximum atomic E-state index is 13.7. The van der Waals surface area contributed by atoms with Crippen LogP contribution in [0.15, 0.2) is 24.3 Å². The number of ether oxygens (including phenoxy) is 1. The first-order chi connectivity index (χ1) is 19.7. The van der Waals surface area contributed by atoms with Crippen molar-refractivity contribution < 1.29 is 33.9 Å². The maximum Gasteiger partial charge on any atom is 0.246 e. The van der Waals surface area contributed by atoms with Crippen molar-refractivity contribution in [3.63, 3.8) is 0 Å². The van der Waals surface area contributed by atoms with Crippen LogP contribution < -0.4 is 26.2 Å². The van der Waals surface area contributed by atoms with E-state index in [1.165, 1.54) is 4.90 Å². The lowest BCUT2D eigenvalue weighted by Gasteiger charge is -2.34. The van der Waals surface area contributed by atoms with Gasteiger partial charge in [0, 0.05) is 19.4 Å². The topological polar surface area (TPSA) is 166 Å². The molecule has 226 valence electrons. The molecule has 5 amide bonds. The van der Waals surface area contributed by atoms with Crippen LogP contribution in [0.2, 0.25) is 0 Å². The summed E-state index contributed by atoms with van der Waals surface area (Å²) < 4.78 is 5.22. The average molecular weight is 574 g/mol. The van der Waals surface area contributed by atoms with Crippen LogP contribution in [0.3, 0.4) is 0 Å². The van der Waals surface area contributed by atoms with Gasteiger partial charge in [-0.15, -0.1) is 0 Å². The highest BCUT2D eigenvalue weighted by Crippen LogP contribution is 2.23. The average Bonchev–Trinajstić information content (AvgIpc) is 3.48. The van der Waals surface area contributed by atoms with Gasteiger partial charge in [-0.1, -0.05) is 45.2 Å². The number of rotatable bonds is 11. The highest BCUT2D eigenvalue weighted by Gasteiger charge is 2.41. The number of hydrogen-bond donors (Lipinski definition) is 5. The van der Waals surface area contributed by atoms with Crippen molar-refractivity contribution in [2.24, 2.45) is 5.92 Å². The number of carbonyl (C=O) groups is 5. The van der Waals surface area contributed by atoms with Crippen LogP contribution >= 0.6 is 0 Å². The molecule has 3 rings (SSSR count). The van der Waals surface area contributed by atoms with Crippen molar-refractivity contribution in [2.45, 2.75) is 95.8 Å². The first kappa shape index (κ1) is 31.9. The predicted molar refractivity (Wildman–Crippen MR) is 150 cm³/mol. The summed E-state index contributed by atoms with van der Waals surface area (Å²) in [6, 6.07) is 3.68. The molecule has 0 spiro atoms. The van der Waals surface area contributed by atoms with E-state index >= 15 is 0 Å². The van der Waals surface area contributed by atoms with Crippen LogP contribution in [0.25, 0.3) is 0 Å². The summed E-state index contributed by atoms with van der Waals surface area (Å²) in [6.45, 7) is 4.22. The summed E-state index contributed by atoms with van der Waals surface area (Å²) in [5.41, 5.74) is 2.38. The zero-order valence-corrected chi connectivity index (χ0v) is 24.1. The molecule has 2 saturated heterocycles. The van der Waals surface area contributed by atoms with E-state index in [9.17, 15) is 24.0 Å². The van der Waals surface area contributed by atoms with Gasteiger partial charge < -0.3 is 25.6 Å². The number of nitrogens with zero attached hydrogens (tertiary/aromatic N) is 1. The number of hydroxylamine groups is 1. The van der Waals surface area contributed by atoms with Crippen LogP contribution in [-0.4, -0.2) is 77.5 Å². The zero-order valence-electron chi connectivity index (χ0n) is 24.1. The quantitative estimate of drug-likeness (QED) is 0.151.